The van der Waals surface area contributed by atoms with Crippen molar-refractivity contribution >= 4 is 35.2 Å². The van der Waals surface area contributed by atoms with Gasteiger partial charge in [-0.05, 0) is 51.7 Å². The third-order valence-electron chi connectivity index (χ3n) is 8.77. The van der Waals surface area contributed by atoms with Crippen molar-refractivity contribution in [2.75, 3.05) is 41.8 Å². The molecule has 1 spiro atoms. The van der Waals surface area contributed by atoms with Crippen molar-refractivity contribution < 1.29 is 27.4 Å². The van der Waals surface area contributed by atoms with Gasteiger partial charge in [0.2, 0.25) is 5.91 Å². The van der Waals surface area contributed by atoms with Crippen molar-refractivity contribution in [1.82, 2.24) is 25.1 Å². The molecular weight excluding hydrogens is 567 g/mol. The van der Waals surface area contributed by atoms with E-state index >= 15 is 0 Å². The van der Waals surface area contributed by atoms with Gasteiger partial charge in [-0.3, -0.25) is 10.2 Å². The van der Waals surface area contributed by atoms with Crippen molar-refractivity contribution in [1.29, 1.82) is 5.41 Å². The lowest BCUT2D eigenvalue weighted by Gasteiger charge is -2.35. The zero-order chi connectivity index (χ0) is 30.5. The SMILES string of the molecule is CNc1nc(COC(=N)N2CCC[C@H]2C(F)(F)F)nc2c1C1(CCCC1)C(=O)N2c1ccc(N2C[C@@H](C)O[C@@H](C)C2)nn1. The summed E-state index contributed by atoms with van der Waals surface area (Å²) in [7, 11) is 1.70. The molecule has 1 amide bonds. The fourth-order valence-corrected chi connectivity index (χ4v) is 6.95. The number of nitrogens with zero attached hydrogens (tertiary/aromatic N) is 7. The smallest absolute Gasteiger partial charge is 0.408 e. The Balaban J connectivity index is 1.30. The summed E-state index contributed by atoms with van der Waals surface area (Å²) in [5.74, 6) is 1.77. The quantitative estimate of drug-likeness (QED) is 0.383. The number of likely N-dealkylation sites (tertiary alicyclic amines) is 1. The highest BCUT2D eigenvalue weighted by atomic mass is 19.4. The summed E-state index contributed by atoms with van der Waals surface area (Å²) in [4.78, 5) is 27.9. The molecule has 0 unspecified atom stereocenters. The molecule has 6 rings (SSSR count). The van der Waals surface area contributed by atoms with Crippen molar-refractivity contribution in [2.24, 2.45) is 0 Å². The average Bonchev–Trinajstić information content (AvgIpc) is 3.71. The van der Waals surface area contributed by atoms with Gasteiger partial charge in [0.15, 0.2) is 29.9 Å². The van der Waals surface area contributed by atoms with E-state index in [1.807, 2.05) is 19.9 Å². The summed E-state index contributed by atoms with van der Waals surface area (Å²) < 4.78 is 51.7. The first-order chi connectivity index (χ1) is 20.5. The number of nitrogens with one attached hydrogen (secondary N) is 2. The van der Waals surface area contributed by atoms with E-state index in [2.05, 4.69) is 30.4 Å². The van der Waals surface area contributed by atoms with Crippen LogP contribution >= 0.6 is 0 Å². The van der Waals surface area contributed by atoms with Crippen LogP contribution in [-0.4, -0.2) is 88.1 Å². The minimum absolute atomic E-state index is 0.0445. The van der Waals surface area contributed by atoms with Crippen molar-refractivity contribution in [3.05, 3.63) is 23.5 Å². The number of morpholine rings is 1. The molecule has 0 bridgehead atoms. The molecule has 1 aliphatic carbocycles. The van der Waals surface area contributed by atoms with Gasteiger partial charge in [0, 0.05) is 26.7 Å². The molecule has 232 valence electrons. The lowest BCUT2D eigenvalue weighted by atomic mass is 9.80. The van der Waals surface area contributed by atoms with Crippen molar-refractivity contribution in [3.63, 3.8) is 0 Å². The minimum Gasteiger partial charge on any atom is -0.457 e. The monoisotopic (exact) mass is 603 g/mol. The highest BCUT2D eigenvalue weighted by Crippen LogP contribution is 2.54. The number of anilines is 4. The molecule has 2 aromatic rings. The summed E-state index contributed by atoms with van der Waals surface area (Å²) in [6, 6.07) is 1.25. The maximum absolute atomic E-state index is 14.2. The normalized spacial score (nSPS) is 25.0. The first kappa shape index (κ1) is 29.3. The van der Waals surface area contributed by atoms with Crippen LogP contribution in [0.15, 0.2) is 12.1 Å². The standard InChI is InChI=1S/C28H36F3N9O3/c1-16-13-38(14-17(2)43-16)20-8-9-21(37-36-20)40-24-22(27(25(40)41)10-4-5-11-27)23(33-3)34-19(35-24)15-42-26(32)39-12-6-7-18(39)28(29,30)31/h8-9,16-18,32H,4-7,10-15H2,1-3H3,(H,33,34,35)/t16-,17+,18-/m0/s1. The van der Waals surface area contributed by atoms with Crippen molar-refractivity contribution in [3.8, 4) is 0 Å². The molecule has 1 saturated carbocycles. The molecule has 43 heavy (non-hydrogen) atoms. The van der Waals surface area contributed by atoms with Gasteiger partial charge in [-0.15, -0.1) is 10.2 Å². The number of amidine groups is 1. The fraction of sp³-hybridized carbons (Fsp3) is 0.643. The molecule has 12 nitrogen and oxygen atoms in total. The molecule has 15 heteroatoms. The van der Waals surface area contributed by atoms with E-state index in [1.54, 1.807) is 13.1 Å². The van der Waals surface area contributed by atoms with Crippen LogP contribution in [0.2, 0.25) is 0 Å². The Bertz CT molecular complexity index is 1370. The number of rotatable bonds is 5. The van der Waals surface area contributed by atoms with E-state index in [0.717, 1.165) is 17.7 Å². The molecule has 4 aliphatic rings. The average molecular weight is 604 g/mol. The van der Waals surface area contributed by atoms with E-state index < -0.39 is 23.7 Å². The second-order valence-electron chi connectivity index (χ2n) is 11.8. The van der Waals surface area contributed by atoms with Gasteiger partial charge in [0.25, 0.3) is 6.02 Å². The number of amides is 1. The summed E-state index contributed by atoms with van der Waals surface area (Å²) in [5.41, 5.74) is -0.139. The first-order valence-corrected chi connectivity index (χ1v) is 14.7. The number of carbonyl (C=O) groups excluding carboxylic acids is 1. The molecule has 3 aliphatic heterocycles. The Hall–Kier alpha value is -3.75. The third-order valence-corrected chi connectivity index (χ3v) is 8.77. The minimum atomic E-state index is -4.46. The Morgan fingerprint density at radius 1 is 1.12 bits per heavy atom. The van der Waals surface area contributed by atoms with E-state index in [4.69, 9.17) is 14.9 Å². The van der Waals surface area contributed by atoms with Crippen LogP contribution in [0, 0.1) is 5.41 Å². The molecule has 2 N–H and O–H groups in total. The van der Waals surface area contributed by atoms with Gasteiger partial charge < -0.3 is 24.6 Å². The van der Waals surface area contributed by atoms with Gasteiger partial charge in [0.1, 0.15) is 11.9 Å². The predicted molar refractivity (Wildman–Crippen MR) is 151 cm³/mol. The molecule has 3 atom stereocenters. The van der Waals surface area contributed by atoms with Crippen LogP contribution in [0.4, 0.5) is 36.4 Å². The van der Waals surface area contributed by atoms with Gasteiger partial charge in [0.05, 0.1) is 23.2 Å². The van der Waals surface area contributed by atoms with Gasteiger partial charge in [-0.25, -0.2) is 14.9 Å². The fourth-order valence-electron chi connectivity index (χ4n) is 6.95. The number of hydrogen-bond donors (Lipinski definition) is 2. The number of halogens is 3. The van der Waals surface area contributed by atoms with E-state index in [1.165, 1.54) is 4.90 Å². The van der Waals surface area contributed by atoms with E-state index in [0.29, 0.717) is 61.2 Å². The number of hydrogen-bond acceptors (Lipinski definition) is 10. The zero-order valence-electron chi connectivity index (χ0n) is 24.4. The Kier molecular flexibility index (Phi) is 7.55. The highest BCUT2D eigenvalue weighted by molar-refractivity contribution is 6.13. The summed E-state index contributed by atoms with van der Waals surface area (Å²) in [6.45, 7) is 5.10. The van der Waals surface area contributed by atoms with Gasteiger partial charge in [-0.1, -0.05) is 12.8 Å². The lowest BCUT2D eigenvalue weighted by Crippen LogP contribution is -2.46. The zero-order valence-corrected chi connectivity index (χ0v) is 24.4. The van der Waals surface area contributed by atoms with Gasteiger partial charge in [-0.2, -0.15) is 13.2 Å². The van der Waals surface area contributed by atoms with E-state index in [-0.39, 0.29) is 43.5 Å². The van der Waals surface area contributed by atoms with Gasteiger partial charge >= 0.3 is 6.18 Å². The Morgan fingerprint density at radius 3 is 2.42 bits per heavy atom. The number of carbonyl (C=O) groups is 1. The van der Waals surface area contributed by atoms with Crippen LogP contribution in [0.3, 0.4) is 0 Å². The molecule has 0 aromatic carbocycles. The van der Waals surface area contributed by atoms with E-state index in [9.17, 15) is 18.0 Å². The predicted octanol–water partition coefficient (Wildman–Crippen LogP) is 3.89. The third kappa shape index (κ3) is 5.21. The largest absolute Gasteiger partial charge is 0.457 e. The summed E-state index contributed by atoms with van der Waals surface area (Å²) in [5, 5.41) is 20.2. The molecule has 2 saturated heterocycles. The Morgan fingerprint density at radius 2 is 1.79 bits per heavy atom. The highest BCUT2D eigenvalue weighted by Gasteiger charge is 2.56. The van der Waals surface area contributed by atoms with Crippen molar-refractivity contribution in [2.45, 2.75) is 88.8 Å². The second-order valence-corrected chi connectivity index (χ2v) is 11.8. The van der Waals surface area contributed by atoms with Crippen LogP contribution in [0.5, 0.6) is 0 Å². The van der Waals surface area contributed by atoms with Crippen LogP contribution < -0.4 is 15.1 Å². The summed E-state index contributed by atoms with van der Waals surface area (Å²) >= 11 is 0. The molecule has 5 heterocycles. The number of aromatic nitrogens is 4. The molecular formula is C28H36F3N9O3. The maximum atomic E-state index is 14.2. The molecule has 0 radical (unpaired) electrons. The number of fused-ring (bicyclic) bond motifs is 2. The lowest BCUT2D eigenvalue weighted by molar-refractivity contribution is -0.169. The molecule has 3 fully saturated rings. The maximum Gasteiger partial charge on any atom is 0.408 e. The number of ether oxygens (including phenoxy) is 2. The Labute approximate surface area is 247 Å². The van der Waals surface area contributed by atoms with Crippen LogP contribution in [-0.2, 0) is 26.3 Å². The number of alkyl halides is 3. The second kappa shape index (κ2) is 11.1. The van der Waals surface area contributed by atoms with Crippen LogP contribution in [0.1, 0.15) is 63.8 Å². The van der Waals surface area contributed by atoms with Crippen LogP contribution in [0.25, 0.3) is 0 Å². The summed E-state index contributed by atoms with van der Waals surface area (Å²) in [6.07, 6.45) is -1.12. The molecule has 2 aromatic heterocycles. The topological polar surface area (TPSA) is 133 Å². The first-order valence-electron chi connectivity index (χ1n) is 14.7.